The molecule has 2 aliphatic heterocycles. The number of non-ortho nitro benzene ring substituents is 1. The molecule has 8 nitrogen and oxygen atoms in total. The Balaban J connectivity index is 1.73. The van der Waals surface area contributed by atoms with Gasteiger partial charge in [-0.15, -0.1) is 0 Å². The zero-order valence-electron chi connectivity index (χ0n) is 15.8. The van der Waals surface area contributed by atoms with Gasteiger partial charge < -0.3 is 4.90 Å². The van der Waals surface area contributed by atoms with Crippen LogP contribution in [0.1, 0.15) is 30.4 Å². The molecule has 0 atom stereocenters. The normalized spacial score (nSPS) is 17.2. The minimum absolute atomic E-state index is 0.0562. The molecular formula is C21H20N4O4. The molecule has 0 aliphatic carbocycles. The van der Waals surface area contributed by atoms with Crippen molar-refractivity contribution in [2.75, 3.05) is 13.1 Å². The highest BCUT2D eigenvalue weighted by Gasteiger charge is 2.41. The van der Waals surface area contributed by atoms with Crippen LogP contribution in [0.4, 0.5) is 5.69 Å². The first-order valence-electron chi connectivity index (χ1n) is 9.55. The number of aromatic nitrogens is 1. The molecule has 2 aromatic rings. The van der Waals surface area contributed by atoms with Crippen LogP contribution in [0.5, 0.6) is 0 Å². The molecule has 1 saturated heterocycles. The molecule has 0 unspecified atom stereocenters. The highest BCUT2D eigenvalue weighted by Crippen LogP contribution is 2.34. The average Bonchev–Trinajstić information content (AvgIpc) is 3.00. The van der Waals surface area contributed by atoms with Gasteiger partial charge in [0.2, 0.25) is 0 Å². The van der Waals surface area contributed by atoms with Gasteiger partial charge in [-0.1, -0.05) is 0 Å². The molecule has 1 aromatic heterocycles. The van der Waals surface area contributed by atoms with Gasteiger partial charge in [0.15, 0.2) is 0 Å². The van der Waals surface area contributed by atoms with Crippen molar-refractivity contribution < 1.29 is 14.5 Å². The van der Waals surface area contributed by atoms with Crippen LogP contribution in [0, 0.1) is 10.1 Å². The molecular weight excluding hydrogens is 372 g/mol. The number of hydrogen-bond donors (Lipinski definition) is 0. The average molecular weight is 392 g/mol. The predicted molar refractivity (Wildman–Crippen MR) is 105 cm³/mol. The fourth-order valence-corrected chi connectivity index (χ4v) is 3.80. The third kappa shape index (κ3) is 3.61. The van der Waals surface area contributed by atoms with E-state index in [4.69, 9.17) is 0 Å². The van der Waals surface area contributed by atoms with E-state index in [9.17, 15) is 19.7 Å². The van der Waals surface area contributed by atoms with Crippen LogP contribution in [-0.2, 0) is 16.1 Å². The maximum absolute atomic E-state index is 13.3. The summed E-state index contributed by atoms with van der Waals surface area (Å²) in [6.45, 7) is 1.59. The quantitative estimate of drug-likeness (QED) is 0.441. The van der Waals surface area contributed by atoms with Gasteiger partial charge in [0.1, 0.15) is 5.70 Å². The van der Waals surface area contributed by atoms with Gasteiger partial charge in [-0.25, -0.2) is 0 Å². The smallest absolute Gasteiger partial charge is 0.278 e. The summed E-state index contributed by atoms with van der Waals surface area (Å²) in [4.78, 5) is 44.2. The van der Waals surface area contributed by atoms with E-state index in [2.05, 4.69) is 4.98 Å². The number of nitro groups is 1. The van der Waals surface area contributed by atoms with Crippen LogP contribution in [0.25, 0.3) is 5.57 Å². The Labute approximate surface area is 167 Å². The third-order valence-corrected chi connectivity index (χ3v) is 5.27. The summed E-state index contributed by atoms with van der Waals surface area (Å²) >= 11 is 0. The van der Waals surface area contributed by atoms with E-state index in [1.807, 2.05) is 4.90 Å². The summed E-state index contributed by atoms with van der Waals surface area (Å²) in [5.41, 5.74) is 1.99. The van der Waals surface area contributed by atoms with E-state index in [1.54, 1.807) is 36.7 Å². The van der Waals surface area contributed by atoms with Gasteiger partial charge in [-0.3, -0.25) is 29.6 Å². The van der Waals surface area contributed by atoms with Crippen LogP contribution < -0.4 is 0 Å². The lowest BCUT2D eigenvalue weighted by Gasteiger charge is -2.29. The molecule has 1 fully saturated rings. The highest BCUT2D eigenvalue weighted by atomic mass is 16.6. The first-order valence-corrected chi connectivity index (χ1v) is 9.55. The summed E-state index contributed by atoms with van der Waals surface area (Å²) in [5, 5.41) is 11.0. The van der Waals surface area contributed by atoms with E-state index in [0.717, 1.165) is 24.8 Å². The van der Waals surface area contributed by atoms with Gasteiger partial charge in [0, 0.05) is 37.6 Å². The van der Waals surface area contributed by atoms with E-state index >= 15 is 0 Å². The molecule has 0 saturated carbocycles. The Morgan fingerprint density at radius 1 is 0.931 bits per heavy atom. The summed E-state index contributed by atoms with van der Waals surface area (Å²) in [7, 11) is 0. The Morgan fingerprint density at radius 3 is 2.21 bits per heavy atom. The van der Waals surface area contributed by atoms with E-state index < -0.39 is 4.92 Å². The summed E-state index contributed by atoms with van der Waals surface area (Å²) < 4.78 is 0. The van der Waals surface area contributed by atoms with Crippen molar-refractivity contribution in [2.45, 2.75) is 25.8 Å². The maximum atomic E-state index is 13.3. The van der Waals surface area contributed by atoms with Crippen molar-refractivity contribution in [1.82, 2.24) is 14.8 Å². The molecule has 8 heteroatoms. The second-order valence-electron chi connectivity index (χ2n) is 7.13. The van der Waals surface area contributed by atoms with Gasteiger partial charge in [-0.2, -0.15) is 0 Å². The topological polar surface area (TPSA) is 96.6 Å². The lowest BCUT2D eigenvalue weighted by Crippen LogP contribution is -2.36. The molecule has 0 radical (unpaired) electrons. The van der Waals surface area contributed by atoms with Crippen LogP contribution in [0.15, 0.2) is 54.5 Å². The predicted octanol–water partition coefficient (Wildman–Crippen LogP) is 2.76. The number of amides is 2. The maximum Gasteiger partial charge on any atom is 0.278 e. The summed E-state index contributed by atoms with van der Waals surface area (Å²) in [6, 6.07) is 9.34. The van der Waals surface area contributed by atoms with Crippen molar-refractivity contribution in [3.8, 4) is 0 Å². The van der Waals surface area contributed by atoms with Gasteiger partial charge >= 0.3 is 0 Å². The zero-order chi connectivity index (χ0) is 20.4. The minimum atomic E-state index is -0.485. The Bertz CT molecular complexity index is 980. The second kappa shape index (κ2) is 7.83. The van der Waals surface area contributed by atoms with Crippen molar-refractivity contribution in [3.63, 3.8) is 0 Å². The number of pyridine rings is 1. The number of imide groups is 1. The molecule has 2 aliphatic rings. The van der Waals surface area contributed by atoms with Crippen molar-refractivity contribution in [2.24, 2.45) is 0 Å². The Kier molecular flexibility index (Phi) is 5.07. The van der Waals surface area contributed by atoms with Crippen molar-refractivity contribution in [3.05, 3.63) is 75.7 Å². The first kappa shape index (κ1) is 18.8. The van der Waals surface area contributed by atoms with Crippen molar-refractivity contribution in [1.29, 1.82) is 0 Å². The lowest BCUT2D eigenvalue weighted by molar-refractivity contribution is -0.384. The standard InChI is InChI=1S/C21H20N4O4/c26-20-18(16-4-6-17(7-5-16)25(28)29)19(23-12-2-1-3-13-23)21(27)24(20)14-15-8-10-22-11-9-15/h4-11H,1-3,12-14H2. The summed E-state index contributed by atoms with van der Waals surface area (Å²) in [6.07, 6.45) is 6.26. The number of rotatable bonds is 5. The molecule has 3 heterocycles. The van der Waals surface area contributed by atoms with Crippen LogP contribution >= 0.6 is 0 Å². The fraction of sp³-hybridized carbons (Fsp3) is 0.286. The number of hydrogen-bond acceptors (Lipinski definition) is 6. The van der Waals surface area contributed by atoms with E-state index in [-0.39, 0.29) is 24.0 Å². The van der Waals surface area contributed by atoms with Crippen LogP contribution in [0.2, 0.25) is 0 Å². The van der Waals surface area contributed by atoms with E-state index in [1.165, 1.54) is 17.0 Å². The van der Waals surface area contributed by atoms with Crippen LogP contribution in [-0.4, -0.2) is 44.6 Å². The summed E-state index contributed by atoms with van der Waals surface area (Å²) in [5.74, 6) is -0.691. The van der Waals surface area contributed by atoms with Crippen molar-refractivity contribution >= 4 is 23.1 Å². The zero-order valence-corrected chi connectivity index (χ0v) is 15.8. The minimum Gasteiger partial charge on any atom is -0.366 e. The van der Waals surface area contributed by atoms with Gasteiger partial charge in [-0.05, 0) is 54.7 Å². The number of carbonyl (C=O) groups is 2. The number of piperidine rings is 1. The van der Waals surface area contributed by atoms with Gasteiger partial charge in [0.25, 0.3) is 17.5 Å². The monoisotopic (exact) mass is 392 g/mol. The molecule has 0 bridgehead atoms. The first-order chi connectivity index (χ1) is 14.1. The number of carbonyl (C=O) groups excluding carboxylic acids is 2. The second-order valence-corrected chi connectivity index (χ2v) is 7.13. The van der Waals surface area contributed by atoms with Gasteiger partial charge in [0.05, 0.1) is 17.0 Å². The SMILES string of the molecule is O=C1C(c2ccc([N+](=O)[O-])cc2)=C(N2CCCCC2)C(=O)N1Cc1ccncc1. The van der Waals surface area contributed by atoms with E-state index in [0.29, 0.717) is 29.9 Å². The number of likely N-dealkylation sites (tertiary alicyclic amines) is 1. The third-order valence-electron chi connectivity index (χ3n) is 5.27. The number of nitro benzene ring substituents is 1. The largest absolute Gasteiger partial charge is 0.366 e. The highest BCUT2D eigenvalue weighted by molar-refractivity contribution is 6.35. The number of benzene rings is 1. The molecule has 0 spiro atoms. The fourth-order valence-electron chi connectivity index (χ4n) is 3.80. The molecule has 29 heavy (non-hydrogen) atoms. The molecule has 148 valence electrons. The molecule has 4 rings (SSSR count). The molecule has 1 aromatic carbocycles. The Morgan fingerprint density at radius 2 is 1.59 bits per heavy atom. The number of nitrogens with zero attached hydrogens (tertiary/aromatic N) is 4. The molecule has 2 amide bonds. The lowest BCUT2D eigenvalue weighted by atomic mass is 10.0. The Hall–Kier alpha value is -3.55. The van der Waals surface area contributed by atoms with Crippen LogP contribution in [0.3, 0.4) is 0 Å². The molecule has 0 N–H and O–H groups in total.